The van der Waals surface area contributed by atoms with Crippen LogP contribution in [0.5, 0.6) is 0 Å². The highest BCUT2D eigenvalue weighted by Crippen LogP contribution is 2.05. The summed E-state index contributed by atoms with van der Waals surface area (Å²) in [6, 6.07) is 3.47. The summed E-state index contributed by atoms with van der Waals surface area (Å²) in [5.41, 5.74) is 0. The van der Waals surface area contributed by atoms with Gasteiger partial charge in [-0.2, -0.15) is 0 Å². The molecule has 3 nitrogen and oxygen atoms in total. The van der Waals surface area contributed by atoms with Crippen molar-refractivity contribution in [3.63, 3.8) is 0 Å². The molecule has 0 saturated heterocycles. The van der Waals surface area contributed by atoms with E-state index in [4.69, 9.17) is 4.42 Å². The van der Waals surface area contributed by atoms with Gasteiger partial charge in [-0.25, -0.2) is 0 Å². The zero-order valence-electron chi connectivity index (χ0n) is 7.47. The normalized spacial score (nSPS) is 10.0. The SMILES string of the molecule is Cc1ccc(C(=O)NCCCI)o1. The minimum Gasteiger partial charge on any atom is -0.456 e. The molecule has 1 heterocycles. The van der Waals surface area contributed by atoms with Gasteiger partial charge in [0.15, 0.2) is 5.76 Å². The highest BCUT2D eigenvalue weighted by molar-refractivity contribution is 14.1. The van der Waals surface area contributed by atoms with Gasteiger partial charge in [0.25, 0.3) is 5.91 Å². The first-order valence-corrected chi connectivity index (χ1v) is 5.67. The third kappa shape index (κ3) is 3.38. The van der Waals surface area contributed by atoms with Crippen molar-refractivity contribution < 1.29 is 9.21 Å². The molecule has 0 bridgehead atoms. The first-order chi connectivity index (χ1) is 6.24. The van der Waals surface area contributed by atoms with Gasteiger partial charge >= 0.3 is 0 Å². The largest absolute Gasteiger partial charge is 0.456 e. The molecule has 0 aromatic carbocycles. The van der Waals surface area contributed by atoms with Gasteiger partial charge in [-0.1, -0.05) is 22.6 Å². The summed E-state index contributed by atoms with van der Waals surface area (Å²) in [4.78, 5) is 11.3. The molecule has 1 rings (SSSR count). The summed E-state index contributed by atoms with van der Waals surface area (Å²) in [5, 5.41) is 2.78. The first kappa shape index (κ1) is 10.6. The number of hydrogen-bond acceptors (Lipinski definition) is 2. The number of carbonyl (C=O) groups excluding carboxylic acids is 1. The standard InChI is InChI=1S/C9H12INO2/c1-7-3-4-8(13-7)9(12)11-6-2-5-10/h3-4H,2,5-6H2,1H3,(H,11,12). The van der Waals surface area contributed by atoms with Crippen LogP contribution in [0.4, 0.5) is 0 Å². The fraction of sp³-hybridized carbons (Fsp3) is 0.444. The molecule has 1 aromatic heterocycles. The lowest BCUT2D eigenvalue weighted by molar-refractivity contribution is 0.0925. The molecular weight excluding hydrogens is 281 g/mol. The second-order valence-electron chi connectivity index (χ2n) is 2.71. The molecule has 1 aromatic rings. The van der Waals surface area contributed by atoms with Crippen molar-refractivity contribution in [2.45, 2.75) is 13.3 Å². The molecule has 0 atom stereocenters. The fourth-order valence-corrected chi connectivity index (χ4v) is 1.29. The highest BCUT2D eigenvalue weighted by Gasteiger charge is 2.07. The van der Waals surface area contributed by atoms with E-state index in [9.17, 15) is 4.79 Å². The van der Waals surface area contributed by atoms with Crippen molar-refractivity contribution in [3.05, 3.63) is 23.7 Å². The van der Waals surface area contributed by atoms with Crippen LogP contribution in [0.25, 0.3) is 0 Å². The van der Waals surface area contributed by atoms with Gasteiger partial charge in [-0.15, -0.1) is 0 Å². The van der Waals surface area contributed by atoms with Gasteiger partial charge in [0, 0.05) is 11.0 Å². The Morgan fingerprint density at radius 2 is 2.38 bits per heavy atom. The molecule has 0 aliphatic carbocycles. The van der Waals surface area contributed by atoms with E-state index in [1.165, 1.54) is 0 Å². The van der Waals surface area contributed by atoms with Gasteiger partial charge in [0.05, 0.1) is 0 Å². The highest BCUT2D eigenvalue weighted by atomic mass is 127. The van der Waals surface area contributed by atoms with Crippen molar-refractivity contribution in [1.82, 2.24) is 5.32 Å². The number of furan rings is 1. The number of rotatable bonds is 4. The lowest BCUT2D eigenvalue weighted by Gasteiger charge is -1.99. The molecule has 0 radical (unpaired) electrons. The summed E-state index contributed by atoms with van der Waals surface area (Å²) < 4.78 is 6.21. The molecule has 13 heavy (non-hydrogen) atoms. The van der Waals surface area contributed by atoms with Crippen molar-refractivity contribution in [2.75, 3.05) is 11.0 Å². The van der Waals surface area contributed by atoms with E-state index in [1.54, 1.807) is 12.1 Å². The van der Waals surface area contributed by atoms with E-state index >= 15 is 0 Å². The maximum atomic E-state index is 11.3. The summed E-state index contributed by atoms with van der Waals surface area (Å²) in [6.07, 6.45) is 0.992. The van der Waals surface area contributed by atoms with Crippen LogP contribution in [0.3, 0.4) is 0 Å². The van der Waals surface area contributed by atoms with Gasteiger partial charge in [-0.3, -0.25) is 4.79 Å². The zero-order chi connectivity index (χ0) is 9.68. The Hall–Kier alpha value is -0.520. The molecule has 0 fully saturated rings. The second-order valence-corrected chi connectivity index (χ2v) is 3.79. The predicted molar refractivity (Wildman–Crippen MR) is 59.3 cm³/mol. The zero-order valence-corrected chi connectivity index (χ0v) is 9.63. The van der Waals surface area contributed by atoms with Crippen LogP contribution in [0.2, 0.25) is 0 Å². The Labute approximate surface area is 91.0 Å². The number of halogens is 1. The van der Waals surface area contributed by atoms with Crippen LogP contribution in [0, 0.1) is 6.92 Å². The van der Waals surface area contributed by atoms with Crippen LogP contribution < -0.4 is 5.32 Å². The fourth-order valence-electron chi connectivity index (χ4n) is 0.912. The van der Waals surface area contributed by atoms with E-state index in [-0.39, 0.29) is 5.91 Å². The molecule has 0 saturated carbocycles. The maximum absolute atomic E-state index is 11.3. The lowest BCUT2D eigenvalue weighted by Crippen LogP contribution is -2.24. The number of hydrogen-bond donors (Lipinski definition) is 1. The number of carbonyl (C=O) groups is 1. The third-order valence-corrected chi connectivity index (χ3v) is 2.32. The number of aryl methyl sites for hydroxylation is 1. The Kier molecular flexibility index (Phi) is 4.27. The van der Waals surface area contributed by atoms with Crippen molar-refractivity contribution in [2.24, 2.45) is 0 Å². The number of nitrogens with one attached hydrogen (secondary N) is 1. The summed E-state index contributed by atoms with van der Waals surface area (Å²) in [6.45, 7) is 2.53. The monoisotopic (exact) mass is 293 g/mol. The molecule has 72 valence electrons. The smallest absolute Gasteiger partial charge is 0.286 e. The quantitative estimate of drug-likeness (QED) is 0.525. The number of alkyl halides is 1. The Balaban J connectivity index is 2.40. The van der Waals surface area contributed by atoms with Crippen molar-refractivity contribution >= 4 is 28.5 Å². The van der Waals surface area contributed by atoms with E-state index in [2.05, 4.69) is 27.9 Å². The average Bonchev–Trinajstić information content (AvgIpc) is 2.52. The minimum absolute atomic E-state index is 0.127. The molecule has 1 N–H and O–H groups in total. The van der Waals surface area contributed by atoms with Crippen LogP contribution in [0.15, 0.2) is 16.5 Å². The summed E-state index contributed by atoms with van der Waals surface area (Å²) >= 11 is 2.28. The molecular formula is C9H12INO2. The predicted octanol–water partition coefficient (Wildman–Crippen LogP) is 2.14. The van der Waals surface area contributed by atoms with Crippen LogP contribution in [-0.2, 0) is 0 Å². The lowest BCUT2D eigenvalue weighted by atomic mass is 10.4. The van der Waals surface area contributed by atoms with Crippen LogP contribution in [0.1, 0.15) is 22.7 Å². The average molecular weight is 293 g/mol. The minimum atomic E-state index is -0.127. The molecule has 0 aliphatic rings. The van der Waals surface area contributed by atoms with Crippen LogP contribution >= 0.6 is 22.6 Å². The Morgan fingerprint density at radius 3 is 2.92 bits per heavy atom. The van der Waals surface area contributed by atoms with Gasteiger partial charge in [0.1, 0.15) is 5.76 Å². The van der Waals surface area contributed by atoms with E-state index in [0.29, 0.717) is 12.3 Å². The van der Waals surface area contributed by atoms with Gasteiger partial charge < -0.3 is 9.73 Å². The summed E-state index contributed by atoms with van der Waals surface area (Å²) in [7, 11) is 0. The van der Waals surface area contributed by atoms with Gasteiger partial charge in [-0.05, 0) is 25.5 Å². The molecule has 0 aliphatic heterocycles. The Morgan fingerprint density at radius 1 is 1.62 bits per heavy atom. The molecule has 4 heteroatoms. The molecule has 0 spiro atoms. The third-order valence-electron chi connectivity index (χ3n) is 1.56. The van der Waals surface area contributed by atoms with E-state index in [1.807, 2.05) is 6.92 Å². The Bertz CT molecular complexity index is 283. The van der Waals surface area contributed by atoms with E-state index < -0.39 is 0 Å². The van der Waals surface area contributed by atoms with Crippen molar-refractivity contribution in [3.8, 4) is 0 Å². The number of amides is 1. The molecule has 0 unspecified atom stereocenters. The maximum Gasteiger partial charge on any atom is 0.286 e. The van der Waals surface area contributed by atoms with Gasteiger partial charge in [0.2, 0.25) is 0 Å². The van der Waals surface area contributed by atoms with Crippen LogP contribution in [-0.4, -0.2) is 16.9 Å². The summed E-state index contributed by atoms with van der Waals surface area (Å²) in [5.74, 6) is 1.03. The topological polar surface area (TPSA) is 42.2 Å². The van der Waals surface area contributed by atoms with E-state index in [0.717, 1.165) is 16.6 Å². The van der Waals surface area contributed by atoms with Crippen molar-refractivity contribution in [1.29, 1.82) is 0 Å². The second kappa shape index (κ2) is 5.26. The first-order valence-electron chi connectivity index (χ1n) is 4.14. The molecule has 1 amide bonds.